The molecule has 1 atom stereocenters. The van der Waals surface area contributed by atoms with E-state index in [9.17, 15) is 5.11 Å². The van der Waals surface area contributed by atoms with Gasteiger partial charge in [0.1, 0.15) is 0 Å². The van der Waals surface area contributed by atoms with E-state index in [2.05, 4.69) is 32.2 Å². The molecule has 1 heterocycles. The minimum atomic E-state index is -0.117. The second-order valence-corrected chi connectivity index (χ2v) is 5.63. The zero-order valence-corrected chi connectivity index (χ0v) is 15.4. The van der Waals surface area contributed by atoms with Crippen LogP contribution in [0.2, 0.25) is 0 Å². The van der Waals surface area contributed by atoms with Crippen molar-refractivity contribution >= 4 is 40.7 Å². The Morgan fingerprint density at radius 3 is 2.59 bits per heavy atom. The fourth-order valence-corrected chi connectivity index (χ4v) is 2.97. The van der Waals surface area contributed by atoms with E-state index in [4.69, 9.17) is 10.00 Å². The van der Waals surface area contributed by atoms with Crippen molar-refractivity contribution in [3.8, 4) is 17.6 Å². The first-order valence-electron chi connectivity index (χ1n) is 6.55. The maximum absolute atomic E-state index is 10.3. The minimum Gasteiger partial charge on any atom is -0.504 e. The third kappa shape index (κ3) is 4.90. The smallest absolute Gasteiger partial charge is 0.162 e. The van der Waals surface area contributed by atoms with Crippen LogP contribution in [-0.4, -0.2) is 43.3 Å². The number of hydrogen-bond donors (Lipinski definition) is 2. The third-order valence-electron chi connectivity index (χ3n) is 3.53. The SMILES string of the molecule is COc1cc(Br)cc([C@@H](CC#N)N2CCNCC2)c1O.Cl.Cl. The highest BCUT2D eigenvalue weighted by Gasteiger charge is 2.26. The van der Waals surface area contributed by atoms with Crippen LogP contribution in [0.1, 0.15) is 18.0 Å². The Kier molecular flexibility index (Phi) is 9.81. The van der Waals surface area contributed by atoms with E-state index in [1.165, 1.54) is 7.11 Å². The fraction of sp³-hybridized carbons (Fsp3) is 0.500. The van der Waals surface area contributed by atoms with E-state index in [0.29, 0.717) is 12.2 Å². The average molecular weight is 413 g/mol. The Balaban J connectivity index is 0.00000220. The second-order valence-electron chi connectivity index (χ2n) is 4.71. The molecule has 8 heteroatoms. The number of ether oxygens (including phenoxy) is 1. The van der Waals surface area contributed by atoms with Gasteiger partial charge >= 0.3 is 0 Å². The Morgan fingerprint density at radius 2 is 2.05 bits per heavy atom. The molecule has 0 aromatic heterocycles. The van der Waals surface area contributed by atoms with Gasteiger partial charge < -0.3 is 15.2 Å². The molecule has 124 valence electrons. The largest absolute Gasteiger partial charge is 0.504 e. The zero-order valence-electron chi connectivity index (χ0n) is 12.2. The van der Waals surface area contributed by atoms with Crippen LogP contribution in [0.4, 0.5) is 0 Å². The Bertz CT molecular complexity index is 520. The number of halogens is 3. The van der Waals surface area contributed by atoms with Gasteiger partial charge in [-0.3, -0.25) is 4.90 Å². The van der Waals surface area contributed by atoms with Gasteiger partial charge in [-0.1, -0.05) is 15.9 Å². The summed E-state index contributed by atoms with van der Waals surface area (Å²) in [6.45, 7) is 3.52. The summed E-state index contributed by atoms with van der Waals surface area (Å²) >= 11 is 3.43. The van der Waals surface area contributed by atoms with E-state index in [1.807, 2.05) is 6.07 Å². The van der Waals surface area contributed by atoms with E-state index in [-0.39, 0.29) is 36.6 Å². The highest BCUT2D eigenvalue weighted by molar-refractivity contribution is 9.10. The van der Waals surface area contributed by atoms with Crippen molar-refractivity contribution in [2.24, 2.45) is 0 Å². The number of piperazine rings is 1. The van der Waals surface area contributed by atoms with Crippen LogP contribution in [0.25, 0.3) is 0 Å². The molecule has 0 amide bonds. The van der Waals surface area contributed by atoms with Crippen LogP contribution in [0, 0.1) is 11.3 Å². The summed E-state index contributed by atoms with van der Waals surface area (Å²) in [5, 5.41) is 22.7. The fourth-order valence-electron chi connectivity index (χ4n) is 2.52. The molecule has 1 aromatic rings. The quantitative estimate of drug-likeness (QED) is 0.795. The van der Waals surface area contributed by atoms with E-state index < -0.39 is 0 Å². The summed E-state index contributed by atoms with van der Waals surface area (Å²) in [6, 6.07) is 5.69. The number of nitriles is 1. The number of hydrogen-bond acceptors (Lipinski definition) is 5. The molecule has 1 aliphatic rings. The first-order chi connectivity index (χ1) is 9.67. The highest BCUT2D eigenvalue weighted by Crippen LogP contribution is 2.40. The molecule has 1 saturated heterocycles. The molecule has 0 radical (unpaired) electrons. The minimum absolute atomic E-state index is 0. The maximum Gasteiger partial charge on any atom is 0.162 e. The van der Waals surface area contributed by atoms with Gasteiger partial charge in [0.2, 0.25) is 0 Å². The highest BCUT2D eigenvalue weighted by atomic mass is 79.9. The summed E-state index contributed by atoms with van der Waals surface area (Å²) in [6.07, 6.45) is 0.340. The van der Waals surface area contributed by atoms with Gasteiger partial charge in [-0.2, -0.15) is 5.26 Å². The summed E-state index contributed by atoms with van der Waals surface area (Å²) in [5.74, 6) is 0.543. The Hall–Kier alpha value is -0.710. The zero-order chi connectivity index (χ0) is 14.5. The van der Waals surface area contributed by atoms with Crippen molar-refractivity contribution in [2.45, 2.75) is 12.5 Å². The van der Waals surface area contributed by atoms with Gasteiger partial charge in [-0.15, -0.1) is 24.8 Å². The first-order valence-corrected chi connectivity index (χ1v) is 7.34. The van der Waals surface area contributed by atoms with Crippen LogP contribution in [0.5, 0.6) is 11.5 Å². The van der Waals surface area contributed by atoms with Gasteiger partial charge in [0.05, 0.1) is 25.6 Å². The molecular formula is C14H20BrCl2N3O2. The first kappa shape index (κ1) is 21.3. The normalized spacial score (nSPS) is 15.9. The van der Waals surface area contributed by atoms with Crippen LogP contribution in [-0.2, 0) is 0 Å². The van der Waals surface area contributed by atoms with Gasteiger partial charge in [0.25, 0.3) is 0 Å². The van der Waals surface area contributed by atoms with Crippen LogP contribution < -0.4 is 10.1 Å². The van der Waals surface area contributed by atoms with Gasteiger partial charge in [-0.25, -0.2) is 0 Å². The molecule has 2 rings (SSSR count). The predicted molar refractivity (Wildman–Crippen MR) is 94.3 cm³/mol. The van der Waals surface area contributed by atoms with Crippen molar-refractivity contribution < 1.29 is 9.84 Å². The number of nitrogens with one attached hydrogen (secondary N) is 1. The standard InChI is InChI=1S/C14H18BrN3O2.2ClH/c1-20-13-9-10(15)8-11(14(13)19)12(2-3-16)18-6-4-17-5-7-18;;/h8-9,12,17,19H,2,4-7H2,1H3;2*1H/t12-;;/m1../s1. The number of aromatic hydroxyl groups is 1. The maximum atomic E-state index is 10.3. The summed E-state index contributed by atoms with van der Waals surface area (Å²) in [4.78, 5) is 2.22. The van der Waals surface area contributed by atoms with Crippen molar-refractivity contribution in [3.05, 3.63) is 22.2 Å². The molecule has 0 saturated carbocycles. The van der Waals surface area contributed by atoms with Crippen molar-refractivity contribution in [1.82, 2.24) is 10.2 Å². The summed E-state index contributed by atoms with van der Waals surface area (Å²) in [5.41, 5.74) is 0.736. The van der Waals surface area contributed by atoms with Gasteiger partial charge in [-0.05, 0) is 12.1 Å². The lowest BCUT2D eigenvalue weighted by Gasteiger charge is -2.34. The van der Waals surface area contributed by atoms with Crippen LogP contribution in [0.3, 0.4) is 0 Å². The van der Waals surface area contributed by atoms with Crippen LogP contribution >= 0.6 is 40.7 Å². The number of phenols is 1. The monoisotopic (exact) mass is 411 g/mol. The number of nitrogens with zero attached hydrogens (tertiary/aromatic N) is 2. The molecule has 1 aromatic carbocycles. The molecule has 22 heavy (non-hydrogen) atoms. The number of phenolic OH excluding ortho intramolecular Hbond substituents is 1. The van der Waals surface area contributed by atoms with E-state index >= 15 is 0 Å². The molecule has 0 aliphatic carbocycles. The molecule has 0 unspecified atom stereocenters. The summed E-state index contributed by atoms with van der Waals surface area (Å²) in [7, 11) is 1.52. The Morgan fingerprint density at radius 1 is 1.41 bits per heavy atom. The average Bonchev–Trinajstić information content (AvgIpc) is 2.48. The molecule has 5 nitrogen and oxygen atoms in total. The lowest BCUT2D eigenvalue weighted by atomic mass is 10.00. The van der Waals surface area contributed by atoms with Crippen LogP contribution in [0.15, 0.2) is 16.6 Å². The topological polar surface area (TPSA) is 68.5 Å². The molecular weight excluding hydrogens is 393 g/mol. The molecule has 0 bridgehead atoms. The van der Waals surface area contributed by atoms with Gasteiger partial charge in [0, 0.05) is 36.2 Å². The molecule has 1 aliphatic heterocycles. The summed E-state index contributed by atoms with van der Waals surface area (Å²) < 4.78 is 6.02. The third-order valence-corrected chi connectivity index (χ3v) is 3.98. The van der Waals surface area contributed by atoms with Gasteiger partial charge in [0.15, 0.2) is 11.5 Å². The Labute approximate surface area is 151 Å². The molecule has 1 fully saturated rings. The van der Waals surface area contributed by atoms with Crippen molar-refractivity contribution in [3.63, 3.8) is 0 Å². The lowest BCUT2D eigenvalue weighted by Crippen LogP contribution is -2.45. The number of methoxy groups -OCH3 is 1. The van der Waals surface area contributed by atoms with E-state index in [1.54, 1.807) is 6.07 Å². The van der Waals surface area contributed by atoms with Crippen molar-refractivity contribution in [1.29, 1.82) is 5.26 Å². The van der Waals surface area contributed by atoms with Crippen molar-refractivity contribution in [2.75, 3.05) is 33.3 Å². The molecule has 0 spiro atoms. The van der Waals surface area contributed by atoms with E-state index in [0.717, 1.165) is 36.2 Å². The number of rotatable bonds is 4. The predicted octanol–water partition coefficient (Wildman–Crippen LogP) is 2.87. The second kappa shape index (κ2) is 10.1. The number of benzene rings is 1. The molecule has 2 N–H and O–H groups in total. The lowest BCUT2D eigenvalue weighted by molar-refractivity contribution is 0.172.